The molecular formula is C19H20F2N2O3. The Labute approximate surface area is 150 Å². The van der Waals surface area contributed by atoms with Crippen LogP contribution in [0.25, 0.3) is 0 Å². The quantitative estimate of drug-likeness (QED) is 0.880. The number of carbonyl (C=O) groups excluding carboxylic acids is 1. The zero-order valence-corrected chi connectivity index (χ0v) is 14.6. The van der Waals surface area contributed by atoms with Crippen molar-refractivity contribution in [2.24, 2.45) is 0 Å². The normalized spacial score (nSPS) is 16.5. The van der Waals surface area contributed by atoms with Crippen LogP contribution in [0.15, 0.2) is 36.4 Å². The summed E-state index contributed by atoms with van der Waals surface area (Å²) in [5.74, 6) is -0.345. The fraction of sp³-hybridized carbons (Fsp3) is 0.316. The highest BCUT2D eigenvalue weighted by atomic mass is 19.1. The second kappa shape index (κ2) is 7.59. The topological polar surface area (TPSA) is 50.8 Å². The number of rotatable bonds is 4. The van der Waals surface area contributed by atoms with E-state index in [1.54, 1.807) is 31.3 Å². The van der Waals surface area contributed by atoms with E-state index < -0.39 is 23.4 Å². The van der Waals surface area contributed by atoms with E-state index in [-0.39, 0.29) is 6.04 Å². The lowest BCUT2D eigenvalue weighted by Gasteiger charge is -2.27. The minimum absolute atomic E-state index is 0.269. The first-order valence-corrected chi connectivity index (χ1v) is 8.28. The first-order chi connectivity index (χ1) is 12.5. The molecule has 1 atom stereocenters. The van der Waals surface area contributed by atoms with Gasteiger partial charge >= 0.3 is 6.03 Å². The third-order valence-electron chi connectivity index (χ3n) is 4.50. The molecule has 0 saturated carbocycles. The number of halogens is 2. The van der Waals surface area contributed by atoms with Gasteiger partial charge in [0.25, 0.3) is 0 Å². The van der Waals surface area contributed by atoms with E-state index in [1.165, 1.54) is 6.07 Å². The molecule has 2 aromatic carbocycles. The number of ether oxygens (including phenoxy) is 2. The zero-order valence-electron chi connectivity index (χ0n) is 14.6. The van der Waals surface area contributed by atoms with E-state index in [1.807, 2.05) is 6.07 Å². The summed E-state index contributed by atoms with van der Waals surface area (Å²) in [4.78, 5) is 14.2. The summed E-state index contributed by atoms with van der Waals surface area (Å²) in [6.07, 6.45) is 1.49. The van der Waals surface area contributed by atoms with E-state index in [4.69, 9.17) is 9.47 Å². The van der Waals surface area contributed by atoms with Crippen molar-refractivity contribution in [2.45, 2.75) is 18.9 Å². The first-order valence-electron chi connectivity index (χ1n) is 8.28. The number of nitrogens with zero attached hydrogens (tertiary/aromatic N) is 1. The van der Waals surface area contributed by atoms with Crippen LogP contribution < -0.4 is 14.8 Å². The predicted molar refractivity (Wildman–Crippen MR) is 93.6 cm³/mol. The Bertz CT molecular complexity index is 793. The molecule has 2 amide bonds. The van der Waals surface area contributed by atoms with Gasteiger partial charge in [0.05, 0.1) is 20.3 Å². The molecule has 1 heterocycles. The van der Waals surface area contributed by atoms with Crippen LogP contribution in [0.5, 0.6) is 11.5 Å². The third kappa shape index (κ3) is 3.42. The van der Waals surface area contributed by atoms with E-state index in [2.05, 4.69) is 5.32 Å². The van der Waals surface area contributed by atoms with Gasteiger partial charge in [-0.2, -0.15) is 0 Å². The smallest absolute Gasteiger partial charge is 0.322 e. The third-order valence-corrected chi connectivity index (χ3v) is 4.50. The van der Waals surface area contributed by atoms with Gasteiger partial charge in [0.2, 0.25) is 0 Å². The molecule has 1 N–H and O–H groups in total. The fourth-order valence-corrected chi connectivity index (χ4v) is 3.23. The Hall–Kier alpha value is -2.83. The molecule has 0 bridgehead atoms. The second-order valence-electron chi connectivity index (χ2n) is 5.99. The van der Waals surface area contributed by atoms with Gasteiger partial charge in [-0.25, -0.2) is 13.6 Å². The minimum atomic E-state index is -0.812. The minimum Gasteiger partial charge on any atom is -0.497 e. The molecule has 0 radical (unpaired) electrons. The van der Waals surface area contributed by atoms with Gasteiger partial charge in [0, 0.05) is 12.1 Å². The molecule has 26 heavy (non-hydrogen) atoms. The maximum atomic E-state index is 13.8. The van der Waals surface area contributed by atoms with E-state index >= 15 is 0 Å². The van der Waals surface area contributed by atoms with E-state index in [0.717, 1.165) is 30.5 Å². The number of anilines is 1. The average molecular weight is 362 g/mol. The fourth-order valence-electron chi connectivity index (χ4n) is 3.23. The number of hydrogen-bond acceptors (Lipinski definition) is 3. The first kappa shape index (κ1) is 18.0. The lowest BCUT2D eigenvalue weighted by molar-refractivity contribution is 0.205. The highest BCUT2D eigenvalue weighted by molar-refractivity contribution is 5.90. The number of para-hydroxylation sites is 1. The molecule has 0 spiro atoms. The molecule has 1 aliphatic heterocycles. The molecule has 7 heteroatoms. The zero-order chi connectivity index (χ0) is 18.7. The van der Waals surface area contributed by atoms with Crippen LogP contribution >= 0.6 is 0 Å². The van der Waals surface area contributed by atoms with Crippen molar-refractivity contribution in [1.29, 1.82) is 0 Å². The van der Waals surface area contributed by atoms with Crippen molar-refractivity contribution >= 4 is 11.7 Å². The molecule has 138 valence electrons. The number of urea groups is 1. The maximum Gasteiger partial charge on any atom is 0.322 e. The van der Waals surface area contributed by atoms with Crippen LogP contribution in [0, 0.1) is 11.6 Å². The average Bonchev–Trinajstić information content (AvgIpc) is 3.14. The van der Waals surface area contributed by atoms with Crippen molar-refractivity contribution < 1.29 is 23.0 Å². The van der Waals surface area contributed by atoms with Crippen LogP contribution in [0.4, 0.5) is 19.3 Å². The molecule has 1 saturated heterocycles. The lowest BCUT2D eigenvalue weighted by Crippen LogP contribution is -2.35. The Morgan fingerprint density at radius 2 is 1.88 bits per heavy atom. The van der Waals surface area contributed by atoms with Crippen molar-refractivity contribution in [3.63, 3.8) is 0 Å². The molecular weight excluding hydrogens is 342 g/mol. The predicted octanol–water partition coefficient (Wildman–Crippen LogP) is 4.35. The van der Waals surface area contributed by atoms with Crippen molar-refractivity contribution in [2.75, 3.05) is 26.1 Å². The van der Waals surface area contributed by atoms with Gasteiger partial charge in [-0.1, -0.05) is 6.07 Å². The largest absolute Gasteiger partial charge is 0.497 e. The molecule has 1 aliphatic rings. The van der Waals surface area contributed by atoms with Crippen LogP contribution in [-0.2, 0) is 0 Å². The number of methoxy groups -OCH3 is 2. The van der Waals surface area contributed by atoms with Crippen molar-refractivity contribution in [3.8, 4) is 11.5 Å². The summed E-state index contributed by atoms with van der Waals surface area (Å²) >= 11 is 0. The summed E-state index contributed by atoms with van der Waals surface area (Å²) in [5, 5.41) is 2.35. The second-order valence-corrected chi connectivity index (χ2v) is 5.99. The number of amides is 2. The monoisotopic (exact) mass is 362 g/mol. The Morgan fingerprint density at radius 3 is 2.54 bits per heavy atom. The van der Waals surface area contributed by atoms with Crippen LogP contribution in [0.2, 0.25) is 0 Å². The summed E-state index contributed by atoms with van der Waals surface area (Å²) in [6.45, 7) is 0.479. The summed E-state index contributed by atoms with van der Waals surface area (Å²) < 4.78 is 38.3. The number of benzene rings is 2. The standard InChI is InChI=1S/C19H20F2N2O3/c1-25-12-8-9-17(26-2)13(11-12)16-7-4-10-23(16)19(24)22-18-14(20)5-3-6-15(18)21/h3,5-6,8-9,11,16H,4,7,10H2,1-2H3,(H,22,24). The van der Waals surface area contributed by atoms with E-state index in [9.17, 15) is 13.6 Å². The summed E-state index contributed by atoms with van der Waals surface area (Å²) in [6, 6.07) is 8.00. The van der Waals surface area contributed by atoms with Gasteiger partial charge in [0.1, 0.15) is 28.8 Å². The highest BCUT2D eigenvalue weighted by Crippen LogP contribution is 2.39. The van der Waals surface area contributed by atoms with Gasteiger partial charge in [0.15, 0.2) is 0 Å². The van der Waals surface area contributed by atoms with Gasteiger partial charge in [-0.05, 0) is 43.2 Å². The summed E-state index contributed by atoms with van der Waals surface area (Å²) in [5.41, 5.74) is 0.356. The maximum absolute atomic E-state index is 13.8. The van der Waals surface area contributed by atoms with E-state index in [0.29, 0.717) is 18.0 Å². The molecule has 5 nitrogen and oxygen atoms in total. The molecule has 1 fully saturated rings. The van der Waals surface area contributed by atoms with Gasteiger partial charge in [-0.15, -0.1) is 0 Å². The molecule has 0 aliphatic carbocycles. The lowest BCUT2D eigenvalue weighted by atomic mass is 10.0. The number of likely N-dealkylation sites (tertiary alicyclic amines) is 1. The summed E-state index contributed by atoms with van der Waals surface area (Å²) in [7, 11) is 3.12. The number of nitrogens with one attached hydrogen (secondary N) is 1. The van der Waals surface area contributed by atoms with Gasteiger partial charge in [-0.3, -0.25) is 0 Å². The van der Waals surface area contributed by atoms with Crippen LogP contribution in [-0.4, -0.2) is 31.7 Å². The van der Waals surface area contributed by atoms with Crippen LogP contribution in [0.3, 0.4) is 0 Å². The highest BCUT2D eigenvalue weighted by Gasteiger charge is 2.33. The van der Waals surface area contributed by atoms with Crippen LogP contribution in [0.1, 0.15) is 24.4 Å². The number of hydrogen-bond donors (Lipinski definition) is 1. The molecule has 1 unspecified atom stereocenters. The Morgan fingerprint density at radius 1 is 1.15 bits per heavy atom. The molecule has 0 aromatic heterocycles. The molecule has 2 aromatic rings. The Balaban J connectivity index is 1.88. The van der Waals surface area contributed by atoms with Crippen molar-refractivity contribution in [3.05, 3.63) is 53.6 Å². The SMILES string of the molecule is COc1ccc(OC)c(C2CCCN2C(=O)Nc2c(F)cccc2F)c1. The Kier molecular flexibility index (Phi) is 5.25. The van der Waals surface area contributed by atoms with Crippen molar-refractivity contribution in [1.82, 2.24) is 4.90 Å². The number of carbonyl (C=O) groups is 1. The van der Waals surface area contributed by atoms with Gasteiger partial charge < -0.3 is 19.7 Å². The molecule has 3 rings (SSSR count).